The van der Waals surface area contributed by atoms with Crippen LogP contribution < -0.4 is 25.5 Å². The Morgan fingerprint density at radius 1 is 0.959 bits per heavy atom. The third-order valence-corrected chi connectivity index (χ3v) is 8.50. The minimum Gasteiger partial charge on any atom is -0.493 e. The molecule has 0 radical (unpaired) electrons. The molecular formula is C33H30ClF6N3O6. The zero-order chi connectivity index (χ0) is 35.5. The Kier molecular flexibility index (Phi) is 10.8. The number of alkyl halides is 5. The number of carbonyl (C=O) groups excluding carboxylic acids is 1. The average molecular weight is 714 g/mol. The van der Waals surface area contributed by atoms with E-state index in [-0.39, 0.29) is 41.1 Å². The Hall–Kier alpha value is -4.66. The maximum Gasteiger partial charge on any atom is 0.417 e. The SMILES string of the molecule is COc1cc(Cn2c(=O)c3cc(OC(CF)CF)c(F)cc3n(C3CCN(C=O)CC3)c2=O)ccc1OCc1ccc(Cl)c(C(F)(F)F)c1. The topological polar surface area (TPSA) is 92.0 Å². The number of hydrogen-bond acceptors (Lipinski definition) is 6. The molecule has 9 nitrogen and oxygen atoms in total. The number of halogens is 7. The fourth-order valence-corrected chi connectivity index (χ4v) is 5.87. The second-order valence-electron chi connectivity index (χ2n) is 11.4. The number of nitrogens with zero attached hydrogens (tertiary/aromatic N) is 3. The van der Waals surface area contributed by atoms with Gasteiger partial charge in [-0.15, -0.1) is 0 Å². The molecule has 0 saturated carbocycles. The molecule has 2 heterocycles. The van der Waals surface area contributed by atoms with Crippen molar-refractivity contribution in [3.05, 3.63) is 96.9 Å². The number of aromatic nitrogens is 2. The Balaban J connectivity index is 1.51. The minimum absolute atomic E-state index is 0.0464. The molecule has 49 heavy (non-hydrogen) atoms. The first-order valence-electron chi connectivity index (χ1n) is 15.0. The highest BCUT2D eigenvalue weighted by Gasteiger charge is 2.33. The van der Waals surface area contributed by atoms with Crippen molar-refractivity contribution < 1.29 is 45.3 Å². The molecule has 262 valence electrons. The van der Waals surface area contributed by atoms with Crippen LogP contribution in [0.15, 0.2) is 58.1 Å². The van der Waals surface area contributed by atoms with Gasteiger partial charge in [0.05, 0.1) is 35.1 Å². The zero-order valence-corrected chi connectivity index (χ0v) is 26.7. The molecule has 1 aliphatic rings. The van der Waals surface area contributed by atoms with E-state index >= 15 is 4.39 Å². The second-order valence-corrected chi connectivity index (χ2v) is 11.8. The average Bonchev–Trinajstić information content (AvgIpc) is 3.09. The summed E-state index contributed by atoms with van der Waals surface area (Å²) in [6.07, 6.45) is -4.92. The lowest BCUT2D eigenvalue weighted by Crippen LogP contribution is -2.44. The van der Waals surface area contributed by atoms with Crippen LogP contribution in [0.2, 0.25) is 5.02 Å². The van der Waals surface area contributed by atoms with Crippen LogP contribution in [0.4, 0.5) is 26.3 Å². The Morgan fingerprint density at radius 3 is 2.29 bits per heavy atom. The molecule has 16 heteroatoms. The summed E-state index contributed by atoms with van der Waals surface area (Å²) in [4.78, 5) is 40.6. The third-order valence-electron chi connectivity index (χ3n) is 8.17. The van der Waals surface area contributed by atoms with E-state index in [0.29, 0.717) is 37.9 Å². The highest BCUT2D eigenvalue weighted by Crippen LogP contribution is 2.36. The van der Waals surface area contributed by atoms with Gasteiger partial charge in [-0.1, -0.05) is 23.7 Å². The molecule has 0 N–H and O–H groups in total. The Labute approximate surface area is 280 Å². The molecule has 4 aromatic rings. The summed E-state index contributed by atoms with van der Waals surface area (Å²) in [6.45, 7) is -2.43. The van der Waals surface area contributed by atoms with Crippen LogP contribution in [0.5, 0.6) is 17.2 Å². The van der Waals surface area contributed by atoms with Crippen molar-refractivity contribution in [2.24, 2.45) is 0 Å². The van der Waals surface area contributed by atoms with Gasteiger partial charge in [0.1, 0.15) is 20.0 Å². The summed E-state index contributed by atoms with van der Waals surface area (Å²) in [5.74, 6) is -1.28. The van der Waals surface area contributed by atoms with Crippen LogP contribution in [-0.2, 0) is 24.1 Å². The largest absolute Gasteiger partial charge is 0.493 e. The standard InChI is InChI=1S/C33H30ClF6N3O6/c1-47-30-11-19(3-5-28(30)48-17-20-2-4-25(34)24(10-20)33(38,39)40)16-42-31(45)23-12-29(49-22(14-35)15-36)26(37)13-27(23)43(32(42)46)21-6-8-41(18-44)9-7-21/h2-5,10-13,18,21-22H,6-9,14-17H2,1H3. The first-order valence-corrected chi connectivity index (χ1v) is 15.4. The van der Waals surface area contributed by atoms with Crippen molar-refractivity contribution in [3.63, 3.8) is 0 Å². The number of fused-ring (bicyclic) bond motifs is 1. The molecule has 1 amide bonds. The summed E-state index contributed by atoms with van der Waals surface area (Å²) >= 11 is 5.70. The van der Waals surface area contributed by atoms with Gasteiger partial charge in [-0.25, -0.2) is 18.0 Å². The number of ether oxygens (including phenoxy) is 3. The minimum atomic E-state index is -4.66. The molecule has 0 bridgehead atoms. The zero-order valence-electron chi connectivity index (χ0n) is 25.9. The summed E-state index contributed by atoms with van der Waals surface area (Å²) in [5.41, 5.74) is -2.06. The number of hydrogen-bond donors (Lipinski definition) is 0. The number of likely N-dealkylation sites (tertiary alicyclic amines) is 1. The first-order chi connectivity index (χ1) is 23.4. The Bertz CT molecular complexity index is 1950. The monoisotopic (exact) mass is 713 g/mol. The van der Waals surface area contributed by atoms with E-state index in [9.17, 15) is 36.3 Å². The van der Waals surface area contributed by atoms with Gasteiger partial charge < -0.3 is 19.1 Å². The lowest BCUT2D eigenvalue weighted by atomic mass is 10.0. The van der Waals surface area contributed by atoms with E-state index in [0.717, 1.165) is 28.8 Å². The lowest BCUT2D eigenvalue weighted by Gasteiger charge is -2.31. The van der Waals surface area contributed by atoms with E-state index < -0.39 is 65.1 Å². The molecule has 1 aromatic heterocycles. The molecule has 0 atom stereocenters. The molecule has 0 aliphatic carbocycles. The van der Waals surface area contributed by atoms with Gasteiger partial charge in [-0.3, -0.25) is 18.7 Å². The van der Waals surface area contributed by atoms with Gasteiger partial charge in [-0.2, -0.15) is 13.2 Å². The van der Waals surface area contributed by atoms with Crippen molar-refractivity contribution in [1.82, 2.24) is 14.0 Å². The summed E-state index contributed by atoms with van der Waals surface area (Å²) < 4.78 is 99.9. The van der Waals surface area contributed by atoms with Gasteiger partial charge in [0.15, 0.2) is 29.2 Å². The quantitative estimate of drug-likeness (QED) is 0.130. The highest BCUT2D eigenvalue weighted by molar-refractivity contribution is 6.31. The maximum atomic E-state index is 15.2. The van der Waals surface area contributed by atoms with E-state index in [1.54, 1.807) is 0 Å². The van der Waals surface area contributed by atoms with Crippen LogP contribution >= 0.6 is 11.6 Å². The molecule has 3 aromatic carbocycles. The highest BCUT2D eigenvalue weighted by atomic mass is 35.5. The number of amides is 1. The molecule has 0 unspecified atom stereocenters. The number of piperidine rings is 1. The lowest BCUT2D eigenvalue weighted by molar-refractivity contribution is -0.137. The van der Waals surface area contributed by atoms with Gasteiger partial charge in [0.2, 0.25) is 6.41 Å². The Morgan fingerprint density at radius 2 is 1.65 bits per heavy atom. The number of rotatable bonds is 12. The van der Waals surface area contributed by atoms with Gasteiger partial charge in [-0.05, 0) is 54.3 Å². The van der Waals surface area contributed by atoms with Gasteiger partial charge >= 0.3 is 11.9 Å². The van der Waals surface area contributed by atoms with Crippen molar-refractivity contribution >= 4 is 28.9 Å². The summed E-state index contributed by atoms with van der Waals surface area (Å²) in [7, 11) is 1.33. The summed E-state index contributed by atoms with van der Waals surface area (Å²) in [6, 6.07) is 9.25. The van der Waals surface area contributed by atoms with Crippen LogP contribution in [0.1, 0.15) is 35.6 Å². The van der Waals surface area contributed by atoms with Crippen LogP contribution in [0, 0.1) is 5.82 Å². The second kappa shape index (κ2) is 14.8. The van der Waals surface area contributed by atoms with Crippen LogP contribution in [-0.4, -0.2) is 60.1 Å². The normalized spacial score (nSPS) is 14.0. The van der Waals surface area contributed by atoms with Crippen molar-refractivity contribution in [1.29, 1.82) is 0 Å². The number of carbonyl (C=O) groups is 1. The number of benzene rings is 3. The molecule has 1 fully saturated rings. The van der Waals surface area contributed by atoms with E-state index in [2.05, 4.69) is 0 Å². The maximum absolute atomic E-state index is 15.2. The summed E-state index contributed by atoms with van der Waals surface area (Å²) in [5, 5.41) is -0.594. The smallest absolute Gasteiger partial charge is 0.417 e. The molecular weight excluding hydrogens is 684 g/mol. The van der Waals surface area contributed by atoms with Crippen molar-refractivity contribution in [2.75, 3.05) is 33.5 Å². The predicted molar refractivity (Wildman–Crippen MR) is 168 cm³/mol. The molecule has 1 aliphatic heterocycles. The van der Waals surface area contributed by atoms with Crippen molar-refractivity contribution in [3.8, 4) is 17.2 Å². The molecule has 0 spiro atoms. The van der Waals surface area contributed by atoms with Crippen LogP contribution in [0.25, 0.3) is 10.9 Å². The van der Waals surface area contributed by atoms with Gasteiger partial charge in [0.25, 0.3) is 5.56 Å². The van der Waals surface area contributed by atoms with Crippen molar-refractivity contribution in [2.45, 2.75) is 44.3 Å². The molecule has 5 rings (SSSR count). The van der Waals surface area contributed by atoms with Gasteiger partial charge in [0, 0.05) is 25.2 Å². The van der Waals surface area contributed by atoms with E-state index in [1.807, 2.05) is 0 Å². The van der Waals surface area contributed by atoms with E-state index in [1.165, 1.54) is 40.8 Å². The predicted octanol–water partition coefficient (Wildman–Crippen LogP) is 6.09. The van der Waals surface area contributed by atoms with E-state index in [4.69, 9.17) is 25.8 Å². The number of methoxy groups -OCH3 is 1. The fraction of sp³-hybridized carbons (Fsp3) is 0.364. The fourth-order valence-electron chi connectivity index (χ4n) is 5.65. The molecule has 1 saturated heterocycles. The van der Waals surface area contributed by atoms with Crippen LogP contribution in [0.3, 0.4) is 0 Å². The third kappa shape index (κ3) is 7.66. The first kappa shape index (κ1) is 35.6.